The van der Waals surface area contributed by atoms with Crippen molar-refractivity contribution in [1.29, 1.82) is 0 Å². The second kappa shape index (κ2) is 10.3. The van der Waals surface area contributed by atoms with Crippen molar-refractivity contribution in [1.82, 2.24) is 10.2 Å². The molecule has 1 heterocycles. The number of carbonyl (C=O) groups excluding carboxylic acids is 2. The van der Waals surface area contributed by atoms with Crippen molar-refractivity contribution < 1.29 is 9.59 Å². The number of fused-ring (bicyclic) bond motifs is 1. The molecular weight excluding hydrogens is 398 g/mol. The maximum atomic E-state index is 13.1. The fraction of sp³-hybridized carbons (Fsp3) is 0.500. The molecule has 0 saturated carbocycles. The molecule has 1 fully saturated rings. The molecule has 2 aromatic carbocycles. The quantitative estimate of drug-likeness (QED) is 0.725. The summed E-state index contributed by atoms with van der Waals surface area (Å²) in [5.41, 5.74) is 6.30. The van der Waals surface area contributed by atoms with Gasteiger partial charge in [0.1, 0.15) is 0 Å². The van der Waals surface area contributed by atoms with Crippen molar-refractivity contribution in [3.8, 4) is 0 Å². The van der Waals surface area contributed by atoms with Crippen LogP contribution < -0.4 is 11.1 Å². The zero-order chi connectivity index (χ0) is 21.0. The molecule has 0 spiro atoms. The van der Waals surface area contributed by atoms with E-state index in [2.05, 4.69) is 19.2 Å². The highest BCUT2D eigenvalue weighted by molar-refractivity contribution is 6.07. The monoisotopic (exact) mass is 431 g/mol. The Kier molecular flexibility index (Phi) is 8.27. The summed E-state index contributed by atoms with van der Waals surface area (Å²) in [6.45, 7) is 7.92. The Morgan fingerprint density at radius 2 is 1.77 bits per heavy atom. The van der Waals surface area contributed by atoms with Gasteiger partial charge in [-0.1, -0.05) is 50.2 Å². The molecule has 1 atom stereocenters. The Bertz CT molecular complexity index is 872. The molecule has 5 nitrogen and oxygen atoms in total. The predicted molar refractivity (Wildman–Crippen MR) is 125 cm³/mol. The zero-order valence-electron chi connectivity index (χ0n) is 18.2. The predicted octanol–water partition coefficient (Wildman–Crippen LogP) is 3.99. The summed E-state index contributed by atoms with van der Waals surface area (Å²) < 4.78 is 0. The summed E-state index contributed by atoms with van der Waals surface area (Å²) in [4.78, 5) is 27.8. The Balaban J connectivity index is 0.00000320. The van der Waals surface area contributed by atoms with Gasteiger partial charge in [-0.05, 0) is 48.9 Å². The molecule has 6 heteroatoms. The van der Waals surface area contributed by atoms with Crippen molar-refractivity contribution >= 4 is 35.0 Å². The fourth-order valence-corrected chi connectivity index (χ4v) is 4.41. The van der Waals surface area contributed by atoms with E-state index in [0.29, 0.717) is 38.4 Å². The molecule has 30 heavy (non-hydrogen) atoms. The number of nitrogens with one attached hydrogen (secondary N) is 1. The highest BCUT2D eigenvalue weighted by Gasteiger charge is 2.32. The van der Waals surface area contributed by atoms with Crippen molar-refractivity contribution in [2.45, 2.75) is 45.6 Å². The van der Waals surface area contributed by atoms with E-state index >= 15 is 0 Å². The minimum absolute atomic E-state index is 0. The maximum absolute atomic E-state index is 13.1. The molecule has 2 aromatic rings. The molecule has 0 bridgehead atoms. The number of piperidine rings is 1. The third-order valence-corrected chi connectivity index (χ3v) is 5.91. The molecule has 1 aliphatic rings. The number of hydrogen-bond acceptors (Lipinski definition) is 3. The van der Waals surface area contributed by atoms with E-state index in [-0.39, 0.29) is 35.7 Å². The van der Waals surface area contributed by atoms with Crippen LogP contribution in [0.5, 0.6) is 0 Å². The lowest BCUT2D eigenvalue weighted by Gasteiger charge is -2.36. The number of carbonyl (C=O) groups is 2. The van der Waals surface area contributed by atoms with E-state index in [1.165, 1.54) is 0 Å². The Morgan fingerprint density at radius 1 is 1.13 bits per heavy atom. The SMILES string of the molecule is CC(C)CC(C)(CN)NC(=O)C1CCN(C(=O)c2cccc3ccccc23)CC1.Cl. The summed E-state index contributed by atoms with van der Waals surface area (Å²) in [5, 5.41) is 5.22. The average molecular weight is 432 g/mol. The first-order chi connectivity index (χ1) is 13.8. The summed E-state index contributed by atoms with van der Waals surface area (Å²) in [6.07, 6.45) is 2.23. The van der Waals surface area contributed by atoms with Gasteiger partial charge in [-0.3, -0.25) is 9.59 Å². The molecule has 1 saturated heterocycles. The maximum Gasteiger partial charge on any atom is 0.254 e. The van der Waals surface area contributed by atoms with Crippen LogP contribution in [0.15, 0.2) is 42.5 Å². The number of likely N-dealkylation sites (tertiary alicyclic amines) is 1. The van der Waals surface area contributed by atoms with Crippen LogP contribution in [0.3, 0.4) is 0 Å². The van der Waals surface area contributed by atoms with Gasteiger partial charge < -0.3 is 16.0 Å². The lowest BCUT2D eigenvalue weighted by Crippen LogP contribution is -2.55. The van der Waals surface area contributed by atoms with Gasteiger partial charge in [-0.2, -0.15) is 0 Å². The first-order valence-corrected chi connectivity index (χ1v) is 10.6. The Morgan fingerprint density at radius 3 is 2.40 bits per heavy atom. The van der Waals surface area contributed by atoms with Crippen molar-refractivity contribution in [2.75, 3.05) is 19.6 Å². The molecule has 1 aliphatic heterocycles. The third-order valence-electron chi connectivity index (χ3n) is 5.91. The van der Waals surface area contributed by atoms with Crippen LogP contribution in [0.2, 0.25) is 0 Å². The lowest BCUT2D eigenvalue weighted by molar-refractivity contribution is -0.128. The molecule has 164 valence electrons. The van der Waals surface area contributed by atoms with Crippen LogP contribution in [-0.2, 0) is 4.79 Å². The number of rotatable bonds is 6. The van der Waals surface area contributed by atoms with Crippen molar-refractivity contribution in [3.05, 3.63) is 48.0 Å². The largest absolute Gasteiger partial charge is 0.349 e. The van der Waals surface area contributed by atoms with Gasteiger partial charge in [-0.15, -0.1) is 12.4 Å². The molecular formula is C24H34ClN3O2. The van der Waals surface area contributed by atoms with Gasteiger partial charge in [0.25, 0.3) is 5.91 Å². The van der Waals surface area contributed by atoms with Crippen LogP contribution in [0.4, 0.5) is 0 Å². The van der Waals surface area contributed by atoms with Crippen molar-refractivity contribution in [2.24, 2.45) is 17.6 Å². The van der Waals surface area contributed by atoms with Gasteiger partial charge in [0.2, 0.25) is 5.91 Å². The number of nitrogens with zero attached hydrogens (tertiary/aromatic N) is 1. The van der Waals surface area contributed by atoms with E-state index < -0.39 is 0 Å². The smallest absolute Gasteiger partial charge is 0.254 e. The minimum atomic E-state index is -0.374. The first-order valence-electron chi connectivity index (χ1n) is 10.6. The number of nitrogens with two attached hydrogens (primary N) is 1. The molecule has 1 unspecified atom stereocenters. The van der Waals surface area contributed by atoms with Crippen LogP contribution in [-0.4, -0.2) is 41.9 Å². The summed E-state index contributed by atoms with van der Waals surface area (Å²) >= 11 is 0. The molecule has 2 amide bonds. The van der Waals surface area contributed by atoms with Crippen LogP contribution >= 0.6 is 12.4 Å². The van der Waals surface area contributed by atoms with E-state index in [4.69, 9.17) is 5.73 Å². The van der Waals surface area contributed by atoms with Gasteiger partial charge in [0, 0.05) is 36.7 Å². The average Bonchev–Trinajstić information content (AvgIpc) is 2.72. The zero-order valence-corrected chi connectivity index (χ0v) is 19.0. The number of hydrogen-bond donors (Lipinski definition) is 2. The molecule has 0 radical (unpaired) electrons. The van der Waals surface area contributed by atoms with Gasteiger partial charge in [0.15, 0.2) is 0 Å². The minimum Gasteiger partial charge on any atom is -0.349 e. The second-order valence-electron chi connectivity index (χ2n) is 8.95. The molecule has 0 aromatic heterocycles. The van der Waals surface area contributed by atoms with Crippen LogP contribution in [0.25, 0.3) is 10.8 Å². The Hall–Kier alpha value is -2.11. The third kappa shape index (κ3) is 5.52. The van der Waals surface area contributed by atoms with Crippen LogP contribution in [0, 0.1) is 11.8 Å². The number of benzene rings is 2. The summed E-state index contributed by atoms with van der Waals surface area (Å²) in [6, 6.07) is 13.8. The highest BCUT2D eigenvalue weighted by atomic mass is 35.5. The summed E-state index contributed by atoms with van der Waals surface area (Å²) in [7, 11) is 0. The van der Waals surface area contributed by atoms with Crippen molar-refractivity contribution in [3.63, 3.8) is 0 Å². The number of amides is 2. The van der Waals surface area contributed by atoms with E-state index in [0.717, 1.165) is 22.8 Å². The Labute approximate surface area is 185 Å². The van der Waals surface area contributed by atoms with E-state index in [1.54, 1.807) is 0 Å². The van der Waals surface area contributed by atoms with E-state index in [1.807, 2.05) is 54.3 Å². The summed E-state index contributed by atoms with van der Waals surface area (Å²) in [5.74, 6) is 0.511. The molecule has 3 N–H and O–H groups in total. The normalized spacial score (nSPS) is 16.8. The fourth-order valence-electron chi connectivity index (χ4n) is 4.41. The van der Waals surface area contributed by atoms with E-state index in [9.17, 15) is 9.59 Å². The second-order valence-corrected chi connectivity index (χ2v) is 8.95. The number of halogens is 1. The van der Waals surface area contributed by atoms with Gasteiger partial charge in [0.05, 0.1) is 0 Å². The van der Waals surface area contributed by atoms with Crippen LogP contribution in [0.1, 0.15) is 50.4 Å². The standard InChI is InChI=1S/C24H33N3O2.ClH/c1-17(2)15-24(3,16-25)26-22(28)19-11-13-27(14-12-19)23(29)21-10-6-8-18-7-4-5-9-20(18)21;/h4-10,17,19H,11-16,25H2,1-3H3,(H,26,28);1H. The first kappa shape index (κ1) is 24.2. The van der Waals surface area contributed by atoms with Gasteiger partial charge >= 0.3 is 0 Å². The highest BCUT2D eigenvalue weighted by Crippen LogP contribution is 2.25. The molecule has 3 rings (SSSR count). The molecule has 0 aliphatic carbocycles. The topological polar surface area (TPSA) is 75.4 Å². The van der Waals surface area contributed by atoms with Gasteiger partial charge in [-0.25, -0.2) is 0 Å². The lowest BCUT2D eigenvalue weighted by atomic mass is 9.88.